The first kappa shape index (κ1) is 11.5. The van der Waals surface area contributed by atoms with E-state index in [1.165, 1.54) is 5.56 Å². The minimum Gasteiger partial charge on any atom is -0.376 e. The second-order valence-electron chi connectivity index (χ2n) is 5.05. The maximum Gasteiger partial charge on any atom is 0.268 e. The van der Waals surface area contributed by atoms with Crippen molar-refractivity contribution in [2.45, 2.75) is 44.8 Å². The van der Waals surface area contributed by atoms with Gasteiger partial charge in [0.15, 0.2) is 0 Å². The van der Waals surface area contributed by atoms with Gasteiger partial charge < -0.3 is 9.30 Å². The van der Waals surface area contributed by atoms with Crippen LogP contribution in [-0.2, 0) is 24.1 Å². The molecule has 1 aliphatic carbocycles. The highest BCUT2D eigenvalue weighted by atomic mass is 16.5. The Kier molecular flexibility index (Phi) is 2.92. The molecule has 0 N–H and O–H groups in total. The van der Waals surface area contributed by atoms with E-state index in [0.29, 0.717) is 6.54 Å². The molecule has 0 saturated carbocycles. The fraction of sp³-hybridized carbons (Fsp3) is 0.571. The summed E-state index contributed by atoms with van der Waals surface area (Å²) in [7, 11) is 0. The molecule has 1 unspecified atom stereocenters. The first-order valence-electron chi connectivity index (χ1n) is 6.57. The van der Waals surface area contributed by atoms with Gasteiger partial charge in [-0.15, -0.1) is 0 Å². The lowest BCUT2D eigenvalue weighted by atomic mass is 10.1. The summed E-state index contributed by atoms with van der Waals surface area (Å²) >= 11 is 0. The molecule has 1 aromatic heterocycles. The molecule has 1 fully saturated rings. The van der Waals surface area contributed by atoms with Crippen LogP contribution in [0, 0.1) is 11.3 Å². The van der Waals surface area contributed by atoms with Gasteiger partial charge in [0.05, 0.1) is 12.6 Å². The largest absolute Gasteiger partial charge is 0.376 e. The lowest BCUT2D eigenvalue weighted by Gasteiger charge is -2.16. The zero-order valence-electron chi connectivity index (χ0n) is 10.3. The van der Waals surface area contributed by atoms with Crippen molar-refractivity contribution in [1.82, 2.24) is 4.57 Å². The number of nitrogens with zero attached hydrogens (tertiary/aromatic N) is 2. The van der Waals surface area contributed by atoms with Crippen LogP contribution in [0.2, 0.25) is 0 Å². The van der Waals surface area contributed by atoms with Crippen molar-refractivity contribution < 1.29 is 4.74 Å². The minimum absolute atomic E-state index is 0.140. The molecule has 0 bridgehead atoms. The quantitative estimate of drug-likeness (QED) is 0.790. The highest BCUT2D eigenvalue weighted by molar-refractivity contribution is 5.36. The first-order valence-corrected chi connectivity index (χ1v) is 6.57. The zero-order valence-corrected chi connectivity index (χ0v) is 10.3. The van der Waals surface area contributed by atoms with Gasteiger partial charge in [-0.05, 0) is 43.7 Å². The first-order chi connectivity index (χ1) is 8.79. The van der Waals surface area contributed by atoms with E-state index in [1.54, 1.807) is 10.6 Å². The van der Waals surface area contributed by atoms with E-state index in [4.69, 9.17) is 10.00 Å². The summed E-state index contributed by atoms with van der Waals surface area (Å²) in [5, 5.41) is 9.04. The third kappa shape index (κ3) is 1.85. The summed E-state index contributed by atoms with van der Waals surface area (Å²) in [6.45, 7) is 1.40. The summed E-state index contributed by atoms with van der Waals surface area (Å²) < 4.78 is 7.39. The van der Waals surface area contributed by atoms with Crippen LogP contribution in [0.25, 0.3) is 0 Å². The molecule has 94 valence electrons. The maximum atomic E-state index is 12.2. The summed E-state index contributed by atoms with van der Waals surface area (Å²) in [5.74, 6) is 0. The van der Waals surface area contributed by atoms with E-state index in [0.717, 1.165) is 44.4 Å². The molecular formula is C14H16N2O2. The predicted octanol–water partition coefficient (Wildman–Crippen LogP) is 1.39. The van der Waals surface area contributed by atoms with E-state index in [9.17, 15) is 4.79 Å². The predicted molar refractivity (Wildman–Crippen MR) is 66.4 cm³/mol. The average Bonchev–Trinajstić information content (AvgIpc) is 3.03. The third-order valence-electron chi connectivity index (χ3n) is 3.88. The molecule has 0 spiro atoms. The second kappa shape index (κ2) is 4.58. The van der Waals surface area contributed by atoms with Gasteiger partial charge in [-0.25, -0.2) is 0 Å². The van der Waals surface area contributed by atoms with Crippen molar-refractivity contribution in [3.8, 4) is 6.07 Å². The zero-order chi connectivity index (χ0) is 12.5. The highest BCUT2D eigenvalue weighted by Gasteiger charge is 2.23. The van der Waals surface area contributed by atoms with Gasteiger partial charge in [0.2, 0.25) is 0 Å². The van der Waals surface area contributed by atoms with Crippen LogP contribution in [0.4, 0.5) is 0 Å². The molecule has 1 saturated heterocycles. The molecule has 0 amide bonds. The van der Waals surface area contributed by atoms with Gasteiger partial charge in [0, 0.05) is 12.3 Å². The smallest absolute Gasteiger partial charge is 0.268 e. The monoisotopic (exact) mass is 244 g/mol. The van der Waals surface area contributed by atoms with E-state index in [2.05, 4.69) is 0 Å². The number of aryl methyl sites for hydroxylation is 1. The van der Waals surface area contributed by atoms with Gasteiger partial charge >= 0.3 is 0 Å². The third-order valence-corrected chi connectivity index (χ3v) is 3.88. The Morgan fingerprint density at radius 1 is 1.44 bits per heavy atom. The Bertz CT molecular complexity index is 562. The molecule has 1 aromatic rings. The minimum atomic E-state index is -0.145. The molecule has 4 heteroatoms. The average molecular weight is 244 g/mol. The Balaban J connectivity index is 2.03. The van der Waals surface area contributed by atoms with Gasteiger partial charge in [-0.3, -0.25) is 4.79 Å². The van der Waals surface area contributed by atoms with Crippen molar-refractivity contribution in [2.75, 3.05) is 6.61 Å². The Labute approximate surface area is 106 Å². The number of aromatic nitrogens is 1. The van der Waals surface area contributed by atoms with Crippen molar-refractivity contribution in [2.24, 2.45) is 0 Å². The van der Waals surface area contributed by atoms with Crippen molar-refractivity contribution >= 4 is 0 Å². The number of ether oxygens (including phenoxy) is 1. The number of hydrogen-bond acceptors (Lipinski definition) is 3. The maximum absolute atomic E-state index is 12.2. The summed E-state index contributed by atoms with van der Waals surface area (Å²) in [6.07, 6.45) is 5.23. The van der Waals surface area contributed by atoms with Gasteiger partial charge in [-0.2, -0.15) is 5.26 Å². The topological polar surface area (TPSA) is 55.0 Å². The molecule has 0 aromatic carbocycles. The molecule has 1 atom stereocenters. The molecule has 1 aliphatic heterocycles. The van der Waals surface area contributed by atoms with Crippen molar-refractivity contribution in [3.63, 3.8) is 0 Å². The number of pyridine rings is 1. The van der Waals surface area contributed by atoms with Crippen LogP contribution in [-0.4, -0.2) is 17.3 Å². The van der Waals surface area contributed by atoms with Crippen LogP contribution in [0.3, 0.4) is 0 Å². The van der Waals surface area contributed by atoms with E-state index in [-0.39, 0.29) is 17.2 Å². The highest BCUT2D eigenvalue weighted by Crippen LogP contribution is 2.23. The Morgan fingerprint density at radius 2 is 2.33 bits per heavy atom. The van der Waals surface area contributed by atoms with E-state index in [1.807, 2.05) is 6.07 Å². The molecule has 3 rings (SSSR count). The molecule has 18 heavy (non-hydrogen) atoms. The van der Waals surface area contributed by atoms with Crippen LogP contribution in [0.5, 0.6) is 0 Å². The normalized spacial score (nSPS) is 21.8. The lowest BCUT2D eigenvalue weighted by molar-refractivity contribution is 0.0955. The fourth-order valence-corrected chi connectivity index (χ4v) is 2.98. The molecule has 2 heterocycles. The molecule has 4 nitrogen and oxygen atoms in total. The van der Waals surface area contributed by atoms with E-state index < -0.39 is 0 Å². The van der Waals surface area contributed by atoms with Crippen LogP contribution < -0.4 is 5.56 Å². The lowest BCUT2D eigenvalue weighted by Crippen LogP contribution is -2.30. The van der Waals surface area contributed by atoms with E-state index >= 15 is 0 Å². The van der Waals surface area contributed by atoms with Crippen LogP contribution in [0.15, 0.2) is 10.9 Å². The Morgan fingerprint density at radius 3 is 3.06 bits per heavy atom. The second-order valence-corrected chi connectivity index (χ2v) is 5.05. The number of rotatable bonds is 2. The number of hydrogen-bond donors (Lipinski definition) is 0. The SMILES string of the molecule is N#Cc1cc2c(n(CC3CCCO3)c1=O)CCC2. The number of nitriles is 1. The Hall–Kier alpha value is -1.60. The van der Waals surface area contributed by atoms with Crippen LogP contribution >= 0.6 is 0 Å². The molecular weight excluding hydrogens is 228 g/mol. The standard InChI is InChI=1S/C14H16N2O2/c15-8-11-7-10-3-1-5-13(10)16(14(11)17)9-12-4-2-6-18-12/h7,12H,1-6,9H2. The molecule has 2 aliphatic rings. The summed E-state index contributed by atoms with van der Waals surface area (Å²) in [4.78, 5) is 12.2. The van der Waals surface area contributed by atoms with Crippen molar-refractivity contribution in [3.05, 3.63) is 33.2 Å². The van der Waals surface area contributed by atoms with Gasteiger partial charge in [0.1, 0.15) is 11.6 Å². The van der Waals surface area contributed by atoms with Crippen molar-refractivity contribution in [1.29, 1.82) is 5.26 Å². The summed E-state index contributed by atoms with van der Waals surface area (Å²) in [5.41, 5.74) is 2.42. The summed E-state index contributed by atoms with van der Waals surface area (Å²) in [6, 6.07) is 3.79. The molecule has 0 radical (unpaired) electrons. The van der Waals surface area contributed by atoms with Gasteiger partial charge in [0.25, 0.3) is 5.56 Å². The number of fused-ring (bicyclic) bond motifs is 1. The fourth-order valence-electron chi connectivity index (χ4n) is 2.98. The van der Waals surface area contributed by atoms with Gasteiger partial charge in [-0.1, -0.05) is 0 Å². The van der Waals surface area contributed by atoms with Crippen LogP contribution in [0.1, 0.15) is 36.1 Å².